The number of nitrogens with zero attached hydrogens (tertiary/aromatic N) is 2. The lowest BCUT2D eigenvalue weighted by Crippen LogP contribution is -2.12. The number of halogens is 1. The highest BCUT2D eigenvalue weighted by Gasteiger charge is 2.11. The van der Waals surface area contributed by atoms with Crippen LogP contribution in [0.2, 0.25) is 0 Å². The fourth-order valence-corrected chi connectivity index (χ4v) is 2.27. The zero-order valence-electron chi connectivity index (χ0n) is 10.5. The molecule has 0 atom stereocenters. The Kier molecular flexibility index (Phi) is 3.99. The Morgan fingerprint density at radius 1 is 1.33 bits per heavy atom. The van der Waals surface area contributed by atoms with Gasteiger partial charge in [-0.25, -0.2) is 4.98 Å². The first-order valence-electron chi connectivity index (χ1n) is 5.77. The Balaban J connectivity index is 2.41. The summed E-state index contributed by atoms with van der Waals surface area (Å²) in [6.07, 6.45) is 1.82. The number of hydrogen-bond donors (Lipinski definition) is 1. The van der Waals surface area contributed by atoms with Gasteiger partial charge >= 0.3 is 0 Å². The number of hydrogen-bond acceptors (Lipinski definition) is 3. The minimum atomic E-state index is 0.546. The number of pyridine rings is 1. The van der Waals surface area contributed by atoms with Gasteiger partial charge in [0.1, 0.15) is 5.82 Å². The Morgan fingerprint density at radius 2 is 2.11 bits per heavy atom. The van der Waals surface area contributed by atoms with Gasteiger partial charge in [0, 0.05) is 25.5 Å². The van der Waals surface area contributed by atoms with Crippen molar-refractivity contribution in [2.45, 2.75) is 13.5 Å². The van der Waals surface area contributed by atoms with Gasteiger partial charge in [0.25, 0.3) is 0 Å². The minimum Gasteiger partial charge on any atom is -0.329 e. The summed E-state index contributed by atoms with van der Waals surface area (Å²) in [7, 11) is 2.00. The van der Waals surface area contributed by atoms with Crippen molar-refractivity contribution in [1.29, 1.82) is 0 Å². The van der Waals surface area contributed by atoms with Crippen molar-refractivity contribution in [2.24, 2.45) is 5.73 Å². The summed E-state index contributed by atoms with van der Waals surface area (Å²) in [5.74, 6) is 0.907. The quantitative estimate of drug-likeness (QED) is 0.945. The van der Waals surface area contributed by atoms with E-state index in [1.165, 1.54) is 5.56 Å². The molecule has 94 valence electrons. The van der Waals surface area contributed by atoms with Crippen molar-refractivity contribution in [3.05, 3.63) is 52.1 Å². The van der Waals surface area contributed by atoms with Gasteiger partial charge in [0.05, 0.1) is 4.47 Å². The monoisotopic (exact) mass is 305 g/mol. The molecule has 0 saturated carbocycles. The maximum absolute atomic E-state index is 5.67. The molecule has 2 rings (SSSR count). The lowest BCUT2D eigenvalue weighted by atomic mass is 10.2. The average Bonchev–Trinajstić information content (AvgIpc) is 2.41. The fraction of sp³-hybridized carbons (Fsp3) is 0.214. The summed E-state index contributed by atoms with van der Waals surface area (Å²) >= 11 is 3.58. The first-order valence-corrected chi connectivity index (χ1v) is 6.56. The van der Waals surface area contributed by atoms with Crippen molar-refractivity contribution >= 4 is 27.4 Å². The Bertz CT molecular complexity index is 554. The van der Waals surface area contributed by atoms with E-state index in [9.17, 15) is 0 Å². The summed E-state index contributed by atoms with van der Waals surface area (Å²) in [6, 6.07) is 10.2. The van der Waals surface area contributed by atoms with Crippen molar-refractivity contribution in [1.82, 2.24) is 4.98 Å². The summed E-state index contributed by atoms with van der Waals surface area (Å²) in [6.45, 7) is 2.60. The van der Waals surface area contributed by atoms with Gasteiger partial charge in [-0.2, -0.15) is 0 Å². The summed E-state index contributed by atoms with van der Waals surface area (Å²) in [5.41, 5.74) is 9.03. The molecule has 2 N–H and O–H groups in total. The van der Waals surface area contributed by atoms with Gasteiger partial charge in [0.2, 0.25) is 0 Å². The van der Waals surface area contributed by atoms with E-state index in [0.717, 1.165) is 21.5 Å². The first kappa shape index (κ1) is 13.1. The van der Waals surface area contributed by atoms with Crippen LogP contribution in [0, 0.1) is 6.92 Å². The SMILES string of the molecule is Cc1ccnc(N(C)c2cccc(CN)c2)c1Br. The van der Waals surface area contributed by atoms with Crippen LogP contribution < -0.4 is 10.6 Å². The zero-order valence-corrected chi connectivity index (χ0v) is 12.1. The van der Waals surface area contributed by atoms with E-state index in [2.05, 4.69) is 44.9 Å². The van der Waals surface area contributed by atoms with E-state index < -0.39 is 0 Å². The molecule has 18 heavy (non-hydrogen) atoms. The van der Waals surface area contributed by atoms with Crippen LogP contribution in [0.25, 0.3) is 0 Å². The van der Waals surface area contributed by atoms with Crippen LogP contribution in [-0.4, -0.2) is 12.0 Å². The second-order valence-electron chi connectivity index (χ2n) is 4.20. The molecule has 4 heteroatoms. The molecule has 1 aromatic heterocycles. The topological polar surface area (TPSA) is 42.2 Å². The molecule has 0 aliphatic carbocycles. The minimum absolute atomic E-state index is 0.546. The lowest BCUT2D eigenvalue weighted by molar-refractivity contribution is 1.05. The Hall–Kier alpha value is -1.39. The van der Waals surface area contributed by atoms with Gasteiger partial charge in [-0.1, -0.05) is 12.1 Å². The molecule has 2 aromatic rings. The molecule has 1 aromatic carbocycles. The highest BCUT2D eigenvalue weighted by molar-refractivity contribution is 9.10. The molecule has 0 saturated heterocycles. The Morgan fingerprint density at radius 3 is 2.83 bits per heavy atom. The molecule has 1 heterocycles. The molecular weight excluding hydrogens is 290 g/mol. The molecule has 0 unspecified atom stereocenters. The maximum atomic E-state index is 5.67. The van der Waals surface area contributed by atoms with Crippen molar-refractivity contribution in [3.63, 3.8) is 0 Å². The van der Waals surface area contributed by atoms with E-state index in [1.807, 2.05) is 31.4 Å². The van der Waals surface area contributed by atoms with Crippen LogP contribution in [0.4, 0.5) is 11.5 Å². The first-order chi connectivity index (χ1) is 8.63. The van der Waals surface area contributed by atoms with E-state index in [1.54, 1.807) is 0 Å². The summed E-state index contributed by atoms with van der Waals surface area (Å²) in [5, 5.41) is 0. The van der Waals surface area contributed by atoms with Crippen LogP contribution in [0.1, 0.15) is 11.1 Å². The Labute approximate surface area is 116 Å². The second-order valence-corrected chi connectivity index (χ2v) is 4.99. The molecule has 0 aliphatic rings. The molecule has 0 bridgehead atoms. The maximum Gasteiger partial charge on any atom is 0.147 e. The normalized spacial score (nSPS) is 10.4. The third-order valence-electron chi connectivity index (χ3n) is 2.92. The van der Waals surface area contributed by atoms with E-state index >= 15 is 0 Å². The molecular formula is C14H16BrN3. The van der Waals surface area contributed by atoms with E-state index in [4.69, 9.17) is 5.73 Å². The third kappa shape index (κ3) is 2.54. The van der Waals surface area contributed by atoms with Crippen molar-refractivity contribution in [3.8, 4) is 0 Å². The van der Waals surface area contributed by atoms with Crippen LogP contribution in [0.15, 0.2) is 41.0 Å². The number of anilines is 2. The van der Waals surface area contributed by atoms with E-state index in [0.29, 0.717) is 6.54 Å². The third-order valence-corrected chi connectivity index (χ3v) is 3.90. The van der Waals surface area contributed by atoms with Crippen molar-refractivity contribution < 1.29 is 0 Å². The lowest BCUT2D eigenvalue weighted by Gasteiger charge is -2.21. The molecule has 0 fully saturated rings. The summed E-state index contributed by atoms with van der Waals surface area (Å²) in [4.78, 5) is 6.47. The number of nitrogens with two attached hydrogens (primary N) is 1. The predicted molar refractivity (Wildman–Crippen MR) is 79.1 cm³/mol. The molecule has 0 radical (unpaired) electrons. The predicted octanol–water partition coefficient (Wildman–Crippen LogP) is 3.38. The van der Waals surface area contributed by atoms with Gasteiger partial charge < -0.3 is 10.6 Å². The van der Waals surface area contributed by atoms with Crippen LogP contribution in [0.5, 0.6) is 0 Å². The van der Waals surface area contributed by atoms with Gasteiger partial charge in [0.15, 0.2) is 0 Å². The van der Waals surface area contributed by atoms with Crippen LogP contribution in [-0.2, 0) is 6.54 Å². The highest BCUT2D eigenvalue weighted by atomic mass is 79.9. The number of benzene rings is 1. The van der Waals surface area contributed by atoms with Crippen molar-refractivity contribution in [2.75, 3.05) is 11.9 Å². The van der Waals surface area contributed by atoms with Crippen LogP contribution in [0.3, 0.4) is 0 Å². The van der Waals surface area contributed by atoms with Gasteiger partial charge in [-0.15, -0.1) is 0 Å². The summed E-state index contributed by atoms with van der Waals surface area (Å²) < 4.78 is 1.02. The number of aromatic nitrogens is 1. The largest absolute Gasteiger partial charge is 0.329 e. The molecule has 0 spiro atoms. The standard InChI is InChI=1S/C14H16BrN3/c1-10-6-7-17-14(13(10)15)18(2)12-5-3-4-11(8-12)9-16/h3-8H,9,16H2,1-2H3. The van der Waals surface area contributed by atoms with E-state index in [-0.39, 0.29) is 0 Å². The molecule has 3 nitrogen and oxygen atoms in total. The van der Waals surface area contributed by atoms with Crippen LogP contribution >= 0.6 is 15.9 Å². The number of aryl methyl sites for hydroxylation is 1. The fourth-order valence-electron chi connectivity index (χ4n) is 1.77. The second kappa shape index (κ2) is 5.50. The van der Waals surface area contributed by atoms with Gasteiger partial charge in [-0.3, -0.25) is 0 Å². The zero-order chi connectivity index (χ0) is 13.1. The molecule has 0 amide bonds. The van der Waals surface area contributed by atoms with Gasteiger partial charge in [-0.05, 0) is 52.2 Å². The average molecular weight is 306 g/mol. The molecule has 0 aliphatic heterocycles. The highest BCUT2D eigenvalue weighted by Crippen LogP contribution is 2.31. The number of rotatable bonds is 3. The smallest absolute Gasteiger partial charge is 0.147 e.